The normalized spacial score (nSPS) is 15.5. The van der Waals surface area contributed by atoms with E-state index in [0.29, 0.717) is 5.69 Å². The first-order valence-electron chi connectivity index (χ1n) is 9.74. The van der Waals surface area contributed by atoms with Crippen molar-refractivity contribution in [1.29, 1.82) is 0 Å². The van der Waals surface area contributed by atoms with E-state index in [1.165, 1.54) is 12.8 Å². The van der Waals surface area contributed by atoms with Crippen molar-refractivity contribution in [3.8, 4) is 0 Å². The molecule has 2 amide bonds. The fourth-order valence-electron chi connectivity index (χ4n) is 3.15. The highest BCUT2D eigenvalue weighted by Gasteiger charge is 2.37. The largest absolute Gasteiger partial charge is 0.462 e. The van der Waals surface area contributed by atoms with Crippen LogP contribution in [0, 0.1) is 5.41 Å². The molecule has 1 saturated carbocycles. The maximum absolute atomic E-state index is 12.8. The van der Waals surface area contributed by atoms with Crippen LogP contribution in [-0.4, -0.2) is 30.4 Å². The lowest BCUT2D eigenvalue weighted by atomic mass is 9.90. The molecule has 1 aromatic rings. The summed E-state index contributed by atoms with van der Waals surface area (Å²) in [5.74, 6) is -1.25. The van der Waals surface area contributed by atoms with Crippen molar-refractivity contribution in [3.63, 3.8) is 0 Å². The SMILES string of the molecule is CCOC(=O)c1ccccc1NC(=O)C(C)(C)C(=O)NC1CCCCCC1. The number of amides is 2. The number of esters is 1. The number of para-hydroxylation sites is 1. The van der Waals surface area contributed by atoms with E-state index in [2.05, 4.69) is 10.6 Å². The summed E-state index contributed by atoms with van der Waals surface area (Å²) in [6.07, 6.45) is 6.50. The van der Waals surface area contributed by atoms with Gasteiger partial charge in [0.1, 0.15) is 5.41 Å². The first-order valence-corrected chi connectivity index (χ1v) is 9.74. The van der Waals surface area contributed by atoms with Crippen molar-refractivity contribution in [2.45, 2.75) is 65.3 Å². The van der Waals surface area contributed by atoms with Crippen molar-refractivity contribution >= 4 is 23.5 Å². The summed E-state index contributed by atoms with van der Waals surface area (Å²) in [4.78, 5) is 37.6. The fraction of sp³-hybridized carbons (Fsp3) is 0.571. The molecule has 0 saturated heterocycles. The van der Waals surface area contributed by atoms with Gasteiger partial charge in [-0.15, -0.1) is 0 Å². The van der Waals surface area contributed by atoms with Gasteiger partial charge in [0.05, 0.1) is 17.9 Å². The number of anilines is 1. The number of carbonyl (C=O) groups excluding carboxylic acids is 3. The molecule has 0 atom stereocenters. The number of hydrogen-bond acceptors (Lipinski definition) is 4. The van der Waals surface area contributed by atoms with Crippen LogP contribution in [0.5, 0.6) is 0 Å². The molecular formula is C21H30N2O4. The van der Waals surface area contributed by atoms with E-state index >= 15 is 0 Å². The smallest absolute Gasteiger partial charge is 0.340 e. The summed E-state index contributed by atoms with van der Waals surface area (Å²) >= 11 is 0. The lowest BCUT2D eigenvalue weighted by Crippen LogP contribution is -2.48. The average molecular weight is 374 g/mol. The standard InChI is InChI=1S/C21H30N2O4/c1-4-27-18(24)16-13-9-10-14-17(16)23-20(26)21(2,3)19(25)22-15-11-7-5-6-8-12-15/h9-10,13-15H,4-8,11-12H2,1-3H3,(H,22,25)(H,23,26). The number of benzene rings is 1. The Hall–Kier alpha value is -2.37. The molecule has 0 aromatic heterocycles. The Morgan fingerprint density at radius 1 is 1.04 bits per heavy atom. The predicted molar refractivity (Wildman–Crippen MR) is 104 cm³/mol. The summed E-state index contributed by atoms with van der Waals surface area (Å²) in [5.41, 5.74) is -0.641. The maximum Gasteiger partial charge on any atom is 0.340 e. The van der Waals surface area contributed by atoms with Crippen molar-refractivity contribution in [3.05, 3.63) is 29.8 Å². The van der Waals surface area contributed by atoms with Crippen LogP contribution < -0.4 is 10.6 Å². The molecule has 0 radical (unpaired) electrons. The zero-order valence-electron chi connectivity index (χ0n) is 16.5. The number of hydrogen-bond donors (Lipinski definition) is 2. The molecule has 0 unspecified atom stereocenters. The van der Waals surface area contributed by atoms with Gasteiger partial charge >= 0.3 is 5.97 Å². The Kier molecular flexibility index (Phi) is 7.39. The van der Waals surface area contributed by atoms with E-state index in [1.54, 1.807) is 45.0 Å². The van der Waals surface area contributed by atoms with Crippen LogP contribution in [0.2, 0.25) is 0 Å². The van der Waals surface area contributed by atoms with Crippen LogP contribution in [0.4, 0.5) is 5.69 Å². The van der Waals surface area contributed by atoms with Gasteiger partial charge in [-0.25, -0.2) is 4.79 Å². The van der Waals surface area contributed by atoms with Crippen LogP contribution >= 0.6 is 0 Å². The van der Waals surface area contributed by atoms with Crippen molar-refractivity contribution < 1.29 is 19.1 Å². The summed E-state index contributed by atoms with van der Waals surface area (Å²) in [7, 11) is 0. The highest BCUT2D eigenvalue weighted by Crippen LogP contribution is 2.24. The first kappa shape index (κ1) is 20.9. The van der Waals surface area contributed by atoms with Crippen molar-refractivity contribution in [2.24, 2.45) is 5.41 Å². The average Bonchev–Trinajstić information content (AvgIpc) is 2.91. The third-order valence-electron chi connectivity index (χ3n) is 5.00. The van der Waals surface area contributed by atoms with Crippen molar-refractivity contribution in [1.82, 2.24) is 5.32 Å². The maximum atomic E-state index is 12.8. The number of carbonyl (C=O) groups is 3. The Balaban J connectivity index is 2.07. The van der Waals surface area contributed by atoms with E-state index in [0.717, 1.165) is 25.7 Å². The molecule has 0 spiro atoms. The minimum Gasteiger partial charge on any atom is -0.462 e. The molecule has 2 N–H and O–H groups in total. The van der Waals surface area contributed by atoms with Crippen LogP contribution in [-0.2, 0) is 14.3 Å². The molecule has 1 aromatic carbocycles. The van der Waals surface area contributed by atoms with Crippen LogP contribution in [0.25, 0.3) is 0 Å². The second kappa shape index (κ2) is 9.53. The minimum absolute atomic E-state index is 0.124. The van der Waals surface area contributed by atoms with E-state index in [1.807, 2.05) is 0 Å². The van der Waals surface area contributed by atoms with Crippen LogP contribution in [0.3, 0.4) is 0 Å². The molecular weight excluding hydrogens is 344 g/mol. The molecule has 6 heteroatoms. The first-order chi connectivity index (χ1) is 12.9. The van der Waals surface area contributed by atoms with Gasteiger partial charge in [0.25, 0.3) is 0 Å². The zero-order valence-corrected chi connectivity index (χ0v) is 16.5. The Morgan fingerprint density at radius 2 is 1.67 bits per heavy atom. The highest BCUT2D eigenvalue weighted by molar-refractivity contribution is 6.11. The van der Waals surface area contributed by atoms with E-state index < -0.39 is 17.3 Å². The predicted octanol–water partition coefficient (Wildman–Crippen LogP) is 3.67. The lowest BCUT2D eigenvalue weighted by molar-refractivity contribution is -0.138. The summed E-state index contributed by atoms with van der Waals surface area (Å²) in [6, 6.07) is 6.76. The van der Waals surface area contributed by atoms with Gasteiger partial charge in [-0.3, -0.25) is 9.59 Å². The van der Waals surface area contributed by atoms with Gasteiger partial charge in [0, 0.05) is 6.04 Å². The molecule has 1 aliphatic carbocycles. The molecule has 1 aliphatic rings. The van der Waals surface area contributed by atoms with E-state index in [-0.39, 0.29) is 24.1 Å². The second-order valence-electron chi connectivity index (χ2n) is 7.51. The second-order valence-corrected chi connectivity index (χ2v) is 7.51. The molecule has 2 rings (SSSR count). The Bertz CT molecular complexity index is 677. The summed E-state index contributed by atoms with van der Waals surface area (Å²) < 4.78 is 5.03. The lowest BCUT2D eigenvalue weighted by Gasteiger charge is -2.26. The number of rotatable bonds is 6. The number of ether oxygens (including phenoxy) is 1. The van der Waals surface area contributed by atoms with Gasteiger partial charge in [-0.2, -0.15) is 0 Å². The molecule has 0 bridgehead atoms. The molecule has 27 heavy (non-hydrogen) atoms. The molecule has 1 fully saturated rings. The number of nitrogens with one attached hydrogen (secondary N) is 2. The Morgan fingerprint density at radius 3 is 2.30 bits per heavy atom. The van der Waals surface area contributed by atoms with Crippen LogP contribution in [0.1, 0.15) is 69.7 Å². The minimum atomic E-state index is -1.26. The monoisotopic (exact) mass is 374 g/mol. The fourth-order valence-corrected chi connectivity index (χ4v) is 3.15. The summed E-state index contributed by atoms with van der Waals surface area (Å²) in [6.45, 7) is 5.17. The topological polar surface area (TPSA) is 84.5 Å². The quantitative estimate of drug-likeness (QED) is 0.452. The Labute approximate surface area is 161 Å². The van der Waals surface area contributed by atoms with Gasteiger partial charge < -0.3 is 15.4 Å². The molecule has 0 heterocycles. The third kappa shape index (κ3) is 5.55. The van der Waals surface area contributed by atoms with E-state index in [9.17, 15) is 14.4 Å². The zero-order chi connectivity index (χ0) is 19.9. The molecule has 6 nitrogen and oxygen atoms in total. The van der Waals surface area contributed by atoms with Gasteiger partial charge in [-0.1, -0.05) is 37.8 Å². The molecule has 148 valence electrons. The van der Waals surface area contributed by atoms with Gasteiger partial charge in [-0.05, 0) is 45.7 Å². The third-order valence-corrected chi connectivity index (χ3v) is 5.00. The van der Waals surface area contributed by atoms with Crippen molar-refractivity contribution in [2.75, 3.05) is 11.9 Å². The van der Waals surface area contributed by atoms with Crippen LogP contribution in [0.15, 0.2) is 24.3 Å². The molecule has 0 aliphatic heterocycles. The van der Waals surface area contributed by atoms with Gasteiger partial charge in [0.15, 0.2) is 0 Å². The van der Waals surface area contributed by atoms with Gasteiger partial charge in [0.2, 0.25) is 11.8 Å². The summed E-state index contributed by atoms with van der Waals surface area (Å²) in [5, 5.41) is 5.75. The highest BCUT2D eigenvalue weighted by atomic mass is 16.5. The van der Waals surface area contributed by atoms with E-state index in [4.69, 9.17) is 4.74 Å².